The Bertz CT molecular complexity index is 555. The molecule has 1 aromatic carbocycles. The SMILES string of the molecule is CCCNC(=O)c1cc2ccc(C)cc2n1C. The lowest BCUT2D eigenvalue weighted by Gasteiger charge is -2.05. The van der Waals surface area contributed by atoms with Gasteiger partial charge in [-0.3, -0.25) is 4.79 Å². The second-order valence-electron chi connectivity index (χ2n) is 4.41. The molecule has 0 aliphatic carbocycles. The molecule has 0 saturated heterocycles. The molecule has 1 heterocycles. The Balaban J connectivity index is 2.42. The molecule has 0 radical (unpaired) electrons. The Morgan fingerprint density at radius 3 is 2.82 bits per heavy atom. The van der Waals surface area contributed by atoms with E-state index in [9.17, 15) is 4.79 Å². The number of nitrogens with one attached hydrogen (secondary N) is 1. The van der Waals surface area contributed by atoms with Crippen molar-refractivity contribution in [2.75, 3.05) is 6.54 Å². The third-order valence-corrected chi connectivity index (χ3v) is 2.97. The van der Waals surface area contributed by atoms with Gasteiger partial charge in [-0.1, -0.05) is 19.1 Å². The van der Waals surface area contributed by atoms with Gasteiger partial charge in [0.15, 0.2) is 0 Å². The van der Waals surface area contributed by atoms with Gasteiger partial charge in [0.2, 0.25) is 0 Å². The fraction of sp³-hybridized carbons (Fsp3) is 0.357. The summed E-state index contributed by atoms with van der Waals surface area (Å²) < 4.78 is 1.95. The molecule has 0 unspecified atom stereocenters. The Labute approximate surface area is 101 Å². The quantitative estimate of drug-likeness (QED) is 0.864. The summed E-state index contributed by atoms with van der Waals surface area (Å²) in [6.45, 7) is 4.83. The first kappa shape index (κ1) is 11.7. The van der Waals surface area contributed by atoms with Crippen LogP contribution in [0.3, 0.4) is 0 Å². The molecular formula is C14H18N2O. The van der Waals surface area contributed by atoms with E-state index in [0.29, 0.717) is 0 Å². The number of aromatic nitrogens is 1. The lowest BCUT2D eigenvalue weighted by molar-refractivity contribution is 0.0946. The van der Waals surface area contributed by atoms with Crippen LogP contribution in [0.1, 0.15) is 29.4 Å². The molecule has 0 spiro atoms. The topological polar surface area (TPSA) is 34.0 Å². The van der Waals surface area contributed by atoms with Gasteiger partial charge < -0.3 is 9.88 Å². The Morgan fingerprint density at radius 1 is 1.35 bits per heavy atom. The third-order valence-electron chi connectivity index (χ3n) is 2.97. The number of fused-ring (bicyclic) bond motifs is 1. The molecule has 3 nitrogen and oxygen atoms in total. The molecule has 0 aliphatic rings. The summed E-state index contributed by atoms with van der Waals surface area (Å²) in [4.78, 5) is 11.9. The maximum Gasteiger partial charge on any atom is 0.267 e. The van der Waals surface area contributed by atoms with Crippen molar-refractivity contribution < 1.29 is 4.79 Å². The number of aryl methyl sites for hydroxylation is 2. The first-order valence-corrected chi connectivity index (χ1v) is 5.97. The average molecular weight is 230 g/mol. The van der Waals surface area contributed by atoms with Crippen molar-refractivity contribution in [2.45, 2.75) is 20.3 Å². The fourth-order valence-corrected chi connectivity index (χ4v) is 1.99. The van der Waals surface area contributed by atoms with E-state index >= 15 is 0 Å². The van der Waals surface area contributed by atoms with Crippen LogP contribution in [-0.2, 0) is 7.05 Å². The zero-order chi connectivity index (χ0) is 12.4. The molecule has 1 amide bonds. The van der Waals surface area contributed by atoms with Gasteiger partial charge in [0.25, 0.3) is 5.91 Å². The molecule has 2 aromatic rings. The number of nitrogens with zero attached hydrogens (tertiary/aromatic N) is 1. The van der Waals surface area contributed by atoms with E-state index in [4.69, 9.17) is 0 Å². The van der Waals surface area contributed by atoms with Gasteiger partial charge in [0.05, 0.1) is 0 Å². The van der Waals surface area contributed by atoms with Crippen molar-refractivity contribution in [3.63, 3.8) is 0 Å². The van der Waals surface area contributed by atoms with Crippen LogP contribution >= 0.6 is 0 Å². The summed E-state index contributed by atoms with van der Waals surface area (Å²) in [5.41, 5.74) is 3.03. The molecule has 0 bridgehead atoms. The highest BCUT2D eigenvalue weighted by Gasteiger charge is 2.12. The maximum atomic E-state index is 11.9. The molecule has 17 heavy (non-hydrogen) atoms. The van der Waals surface area contributed by atoms with E-state index < -0.39 is 0 Å². The highest BCUT2D eigenvalue weighted by Crippen LogP contribution is 2.19. The molecule has 3 heteroatoms. The summed E-state index contributed by atoms with van der Waals surface area (Å²) in [7, 11) is 1.93. The summed E-state index contributed by atoms with van der Waals surface area (Å²) in [5, 5.41) is 4.02. The van der Waals surface area contributed by atoms with E-state index in [1.54, 1.807) is 0 Å². The minimum absolute atomic E-state index is 0.00297. The van der Waals surface area contributed by atoms with Crippen LogP contribution in [0.5, 0.6) is 0 Å². The predicted molar refractivity (Wildman–Crippen MR) is 70.3 cm³/mol. The monoisotopic (exact) mass is 230 g/mol. The summed E-state index contributed by atoms with van der Waals surface area (Å²) in [6.07, 6.45) is 0.953. The number of hydrogen-bond acceptors (Lipinski definition) is 1. The normalized spacial score (nSPS) is 10.8. The first-order chi connectivity index (χ1) is 8.13. The lowest BCUT2D eigenvalue weighted by atomic mass is 10.2. The zero-order valence-corrected chi connectivity index (χ0v) is 10.6. The standard InChI is InChI=1S/C14H18N2O/c1-4-7-15-14(17)13-9-11-6-5-10(2)8-12(11)16(13)3/h5-6,8-9H,4,7H2,1-3H3,(H,15,17). The summed E-state index contributed by atoms with van der Waals surface area (Å²) in [6, 6.07) is 8.17. The number of benzene rings is 1. The fourth-order valence-electron chi connectivity index (χ4n) is 1.99. The van der Waals surface area contributed by atoms with E-state index in [1.807, 2.05) is 24.6 Å². The van der Waals surface area contributed by atoms with E-state index in [1.165, 1.54) is 5.56 Å². The third kappa shape index (κ3) is 2.18. The summed E-state index contributed by atoms with van der Waals surface area (Å²) >= 11 is 0. The predicted octanol–water partition coefficient (Wildman–Crippen LogP) is 2.63. The van der Waals surface area contributed by atoms with Crippen molar-refractivity contribution in [3.8, 4) is 0 Å². The number of carbonyl (C=O) groups excluding carboxylic acids is 1. The number of rotatable bonds is 3. The second-order valence-corrected chi connectivity index (χ2v) is 4.41. The first-order valence-electron chi connectivity index (χ1n) is 5.97. The van der Waals surface area contributed by atoms with Gasteiger partial charge in [-0.2, -0.15) is 0 Å². The van der Waals surface area contributed by atoms with Crippen molar-refractivity contribution in [2.24, 2.45) is 7.05 Å². The van der Waals surface area contributed by atoms with Gasteiger partial charge in [-0.05, 0) is 31.0 Å². The Kier molecular flexibility index (Phi) is 3.18. The van der Waals surface area contributed by atoms with E-state index in [0.717, 1.165) is 29.6 Å². The molecule has 90 valence electrons. The van der Waals surface area contributed by atoms with Crippen LogP contribution in [0.25, 0.3) is 10.9 Å². The zero-order valence-electron chi connectivity index (χ0n) is 10.6. The molecule has 0 fully saturated rings. The molecular weight excluding hydrogens is 212 g/mol. The van der Waals surface area contributed by atoms with Crippen molar-refractivity contribution >= 4 is 16.8 Å². The van der Waals surface area contributed by atoms with Crippen LogP contribution in [0, 0.1) is 6.92 Å². The smallest absolute Gasteiger partial charge is 0.267 e. The van der Waals surface area contributed by atoms with Gasteiger partial charge in [0.1, 0.15) is 5.69 Å². The van der Waals surface area contributed by atoms with Crippen LogP contribution in [0.4, 0.5) is 0 Å². The minimum Gasteiger partial charge on any atom is -0.351 e. The largest absolute Gasteiger partial charge is 0.351 e. The highest BCUT2D eigenvalue weighted by molar-refractivity contribution is 5.98. The molecule has 0 atom stereocenters. The Morgan fingerprint density at radius 2 is 2.12 bits per heavy atom. The van der Waals surface area contributed by atoms with Gasteiger partial charge in [-0.25, -0.2) is 0 Å². The van der Waals surface area contributed by atoms with Crippen molar-refractivity contribution in [3.05, 3.63) is 35.5 Å². The maximum absolute atomic E-state index is 11.9. The van der Waals surface area contributed by atoms with E-state index in [-0.39, 0.29) is 5.91 Å². The van der Waals surface area contributed by atoms with Crippen LogP contribution < -0.4 is 5.32 Å². The molecule has 2 rings (SSSR count). The molecule has 1 N–H and O–H groups in total. The van der Waals surface area contributed by atoms with Crippen LogP contribution in [0.15, 0.2) is 24.3 Å². The number of hydrogen-bond donors (Lipinski definition) is 1. The van der Waals surface area contributed by atoms with Crippen molar-refractivity contribution in [1.29, 1.82) is 0 Å². The molecule has 0 aliphatic heterocycles. The summed E-state index contributed by atoms with van der Waals surface area (Å²) in [5.74, 6) is 0.00297. The molecule has 1 aromatic heterocycles. The van der Waals surface area contributed by atoms with Gasteiger partial charge in [0, 0.05) is 24.5 Å². The van der Waals surface area contributed by atoms with E-state index in [2.05, 4.69) is 30.4 Å². The van der Waals surface area contributed by atoms with Gasteiger partial charge >= 0.3 is 0 Å². The van der Waals surface area contributed by atoms with Crippen molar-refractivity contribution in [1.82, 2.24) is 9.88 Å². The highest BCUT2D eigenvalue weighted by atomic mass is 16.1. The van der Waals surface area contributed by atoms with Crippen LogP contribution in [0.2, 0.25) is 0 Å². The van der Waals surface area contributed by atoms with Crippen LogP contribution in [-0.4, -0.2) is 17.0 Å². The average Bonchev–Trinajstić information content (AvgIpc) is 2.64. The second kappa shape index (κ2) is 4.62. The number of amides is 1. The van der Waals surface area contributed by atoms with Gasteiger partial charge in [-0.15, -0.1) is 0 Å². The minimum atomic E-state index is 0.00297. The Hall–Kier alpha value is -1.77. The number of carbonyl (C=O) groups is 1. The molecule has 0 saturated carbocycles. The lowest BCUT2D eigenvalue weighted by Crippen LogP contribution is -2.25.